The number of carbonyl (C=O) groups excluding carboxylic acids is 1. The van der Waals surface area contributed by atoms with Crippen molar-refractivity contribution >= 4 is 22.5 Å². The van der Waals surface area contributed by atoms with Crippen LogP contribution in [0.3, 0.4) is 0 Å². The number of aromatic nitrogens is 4. The van der Waals surface area contributed by atoms with E-state index in [4.69, 9.17) is 0 Å². The van der Waals surface area contributed by atoms with Crippen molar-refractivity contribution in [3.63, 3.8) is 0 Å². The normalized spacial score (nSPS) is 19.2. The molecule has 8 nitrogen and oxygen atoms in total. The van der Waals surface area contributed by atoms with Crippen LogP contribution in [0.2, 0.25) is 0 Å². The highest BCUT2D eigenvalue weighted by Gasteiger charge is 2.22. The van der Waals surface area contributed by atoms with Gasteiger partial charge in [-0.15, -0.1) is 0 Å². The van der Waals surface area contributed by atoms with Gasteiger partial charge in [-0.1, -0.05) is 0 Å². The molecule has 5 heterocycles. The topological polar surface area (TPSA) is 96.8 Å². The maximum absolute atomic E-state index is 12.3. The summed E-state index contributed by atoms with van der Waals surface area (Å²) < 4.78 is 2.21. The van der Waals surface area contributed by atoms with Crippen LogP contribution in [0.1, 0.15) is 18.7 Å². The lowest BCUT2D eigenvalue weighted by atomic mass is 10.1. The standard InChI is InChI=1S/C19H21N7O/c27-19(14-2-1-3-21-14)25-17-7-12-6-15(22-8-13(12)9-23-17)16-10-24-18-11-20-4-5-26(16)18/h6-10,14,20-21H,1-5,11H2,(H,23,25,27)/t14-/m1/s1. The van der Waals surface area contributed by atoms with Gasteiger partial charge >= 0.3 is 0 Å². The molecular weight excluding hydrogens is 342 g/mol. The Balaban J connectivity index is 1.46. The highest BCUT2D eigenvalue weighted by atomic mass is 16.2. The molecule has 3 aromatic heterocycles. The van der Waals surface area contributed by atoms with Crippen molar-refractivity contribution in [1.29, 1.82) is 0 Å². The molecule has 2 aliphatic heterocycles. The van der Waals surface area contributed by atoms with Crippen molar-refractivity contribution in [2.75, 3.05) is 18.4 Å². The first-order valence-electron chi connectivity index (χ1n) is 9.33. The second kappa shape index (κ2) is 6.71. The monoisotopic (exact) mass is 363 g/mol. The molecule has 0 aliphatic carbocycles. The second-order valence-corrected chi connectivity index (χ2v) is 7.01. The van der Waals surface area contributed by atoms with Crippen LogP contribution >= 0.6 is 0 Å². The Morgan fingerprint density at radius 2 is 2.04 bits per heavy atom. The Hall–Kier alpha value is -2.84. The Bertz CT molecular complexity index is 1010. The molecule has 2 aliphatic rings. The number of rotatable bonds is 3. The van der Waals surface area contributed by atoms with Crippen molar-refractivity contribution in [1.82, 2.24) is 30.2 Å². The summed E-state index contributed by atoms with van der Waals surface area (Å²) in [6.45, 7) is 3.49. The van der Waals surface area contributed by atoms with Gasteiger partial charge < -0.3 is 20.5 Å². The van der Waals surface area contributed by atoms with Gasteiger partial charge in [0.05, 0.1) is 30.2 Å². The van der Waals surface area contributed by atoms with Gasteiger partial charge in [0.2, 0.25) is 5.91 Å². The number of hydrogen-bond acceptors (Lipinski definition) is 6. The summed E-state index contributed by atoms with van der Waals surface area (Å²) in [6, 6.07) is 3.82. The minimum Gasteiger partial charge on any atom is -0.324 e. The Labute approximate surface area is 156 Å². The zero-order valence-corrected chi connectivity index (χ0v) is 14.9. The van der Waals surface area contributed by atoms with Crippen LogP contribution in [0.15, 0.2) is 30.7 Å². The summed E-state index contributed by atoms with van der Waals surface area (Å²) in [7, 11) is 0. The molecule has 3 aromatic rings. The van der Waals surface area contributed by atoms with Crippen LogP contribution < -0.4 is 16.0 Å². The molecule has 138 valence electrons. The van der Waals surface area contributed by atoms with E-state index in [9.17, 15) is 4.79 Å². The third-order valence-electron chi connectivity index (χ3n) is 5.23. The van der Waals surface area contributed by atoms with Gasteiger partial charge in [0.15, 0.2) is 0 Å². The molecule has 1 atom stereocenters. The van der Waals surface area contributed by atoms with E-state index in [0.717, 1.165) is 67.0 Å². The van der Waals surface area contributed by atoms with Gasteiger partial charge in [-0.25, -0.2) is 9.97 Å². The molecule has 0 saturated carbocycles. The van der Waals surface area contributed by atoms with Crippen LogP contribution in [0.5, 0.6) is 0 Å². The van der Waals surface area contributed by atoms with E-state index < -0.39 is 0 Å². The van der Waals surface area contributed by atoms with E-state index in [1.54, 1.807) is 6.20 Å². The van der Waals surface area contributed by atoms with Gasteiger partial charge in [0, 0.05) is 30.9 Å². The fraction of sp³-hybridized carbons (Fsp3) is 0.368. The number of pyridine rings is 2. The summed E-state index contributed by atoms with van der Waals surface area (Å²) in [4.78, 5) is 25.8. The highest BCUT2D eigenvalue weighted by molar-refractivity contribution is 5.96. The van der Waals surface area contributed by atoms with E-state index in [0.29, 0.717) is 5.82 Å². The van der Waals surface area contributed by atoms with Crippen molar-refractivity contribution < 1.29 is 4.79 Å². The fourth-order valence-corrected chi connectivity index (χ4v) is 3.77. The smallest absolute Gasteiger partial charge is 0.242 e. The van der Waals surface area contributed by atoms with Crippen LogP contribution in [-0.2, 0) is 17.9 Å². The molecule has 0 unspecified atom stereocenters. The first-order valence-corrected chi connectivity index (χ1v) is 9.33. The van der Waals surface area contributed by atoms with Crippen LogP contribution in [0.25, 0.3) is 22.2 Å². The number of carbonyl (C=O) groups is 1. The quantitative estimate of drug-likeness (QED) is 0.649. The number of hydrogen-bond donors (Lipinski definition) is 3. The molecule has 3 N–H and O–H groups in total. The van der Waals surface area contributed by atoms with Crippen molar-refractivity contribution in [3.05, 3.63) is 36.5 Å². The molecule has 0 bridgehead atoms. The lowest BCUT2D eigenvalue weighted by Crippen LogP contribution is -2.35. The van der Waals surface area contributed by atoms with Gasteiger partial charge in [0.1, 0.15) is 11.6 Å². The summed E-state index contributed by atoms with van der Waals surface area (Å²) >= 11 is 0. The van der Waals surface area contributed by atoms with E-state index in [1.807, 2.05) is 24.5 Å². The molecule has 1 amide bonds. The molecule has 1 fully saturated rings. The highest BCUT2D eigenvalue weighted by Crippen LogP contribution is 2.25. The zero-order valence-electron chi connectivity index (χ0n) is 14.9. The Morgan fingerprint density at radius 1 is 1.11 bits per heavy atom. The molecule has 1 saturated heterocycles. The predicted molar refractivity (Wildman–Crippen MR) is 102 cm³/mol. The first-order chi connectivity index (χ1) is 13.3. The summed E-state index contributed by atoms with van der Waals surface area (Å²) in [6.07, 6.45) is 7.35. The molecule has 27 heavy (non-hydrogen) atoms. The van der Waals surface area contributed by atoms with Gasteiger partial charge in [-0.05, 0) is 36.9 Å². The third kappa shape index (κ3) is 3.07. The summed E-state index contributed by atoms with van der Waals surface area (Å²) in [5, 5.41) is 11.4. The van der Waals surface area contributed by atoms with Crippen molar-refractivity contribution in [2.45, 2.75) is 32.0 Å². The minimum atomic E-state index is -0.123. The largest absolute Gasteiger partial charge is 0.324 e. The van der Waals surface area contributed by atoms with Crippen molar-refractivity contribution in [2.24, 2.45) is 0 Å². The average Bonchev–Trinajstić information content (AvgIpc) is 3.37. The molecule has 8 heteroatoms. The molecule has 0 spiro atoms. The molecular formula is C19H21N7O. The van der Waals surface area contributed by atoms with Crippen LogP contribution in [-0.4, -0.2) is 44.6 Å². The number of nitrogens with one attached hydrogen (secondary N) is 3. The van der Waals surface area contributed by atoms with E-state index in [2.05, 4.69) is 35.5 Å². The lowest BCUT2D eigenvalue weighted by molar-refractivity contribution is -0.117. The number of fused-ring (bicyclic) bond motifs is 2. The number of imidazole rings is 1. The number of anilines is 1. The van der Waals surface area contributed by atoms with Crippen molar-refractivity contribution in [3.8, 4) is 11.4 Å². The number of nitrogens with zero attached hydrogens (tertiary/aromatic N) is 4. The average molecular weight is 363 g/mol. The van der Waals surface area contributed by atoms with Gasteiger partial charge in [0.25, 0.3) is 0 Å². The maximum atomic E-state index is 12.3. The Kier molecular flexibility index (Phi) is 4.06. The summed E-state index contributed by atoms with van der Waals surface area (Å²) in [5.41, 5.74) is 1.90. The number of amides is 1. The van der Waals surface area contributed by atoms with Crippen LogP contribution in [0, 0.1) is 0 Å². The first kappa shape index (κ1) is 16.3. The predicted octanol–water partition coefficient (Wildman–Crippen LogP) is 1.29. The lowest BCUT2D eigenvalue weighted by Gasteiger charge is -2.17. The van der Waals surface area contributed by atoms with Gasteiger partial charge in [-0.2, -0.15) is 0 Å². The summed E-state index contributed by atoms with van der Waals surface area (Å²) in [5.74, 6) is 1.58. The van der Waals surface area contributed by atoms with Crippen LogP contribution in [0.4, 0.5) is 5.82 Å². The fourth-order valence-electron chi connectivity index (χ4n) is 3.77. The second-order valence-electron chi connectivity index (χ2n) is 7.01. The SMILES string of the molecule is O=C(Nc1cc2cc(-c3cnc4n3CCNC4)ncc2cn1)[C@H]1CCCN1. The third-order valence-corrected chi connectivity index (χ3v) is 5.23. The zero-order chi connectivity index (χ0) is 18.2. The maximum Gasteiger partial charge on any atom is 0.242 e. The van der Waals surface area contributed by atoms with E-state index in [1.165, 1.54) is 0 Å². The molecule has 5 rings (SSSR count). The van der Waals surface area contributed by atoms with E-state index >= 15 is 0 Å². The minimum absolute atomic E-state index is 0.0222. The molecule has 0 radical (unpaired) electrons. The van der Waals surface area contributed by atoms with E-state index in [-0.39, 0.29) is 11.9 Å². The van der Waals surface area contributed by atoms with Gasteiger partial charge in [-0.3, -0.25) is 9.78 Å². The Morgan fingerprint density at radius 3 is 2.93 bits per heavy atom. The molecule has 0 aromatic carbocycles.